The molecule has 0 bridgehead atoms. The van der Waals surface area contributed by atoms with E-state index in [1.54, 1.807) is 0 Å². The van der Waals surface area contributed by atoms with E-state index >= 15 is 0 Å². The highest BCUT2D eigenvalue weighted by atomic mass is 15.1. The number of allylic oxidation sites excluding steroid dienone is 3. The van der Waals surface area contributed by atoms with Crippen molar-refractivity contribution >= 4 is 0 Å². The van der Waals surface area contributed by atoms with Crippen LogP contribution in [0.3, 0.4) is 0 Å². The zero-order valence-corrected chi connectivity index (χ0v) is 9.80. The zero-order chi connectivity index (χ0) is 11.4. The molecule has 0 aliphatic heterocycles. The summed E-state index contributed by atoms with van der Waals surface area (Å²) in [5.41, 5.74) is 1.02. The topological polar surface area (TPSA) is 16.1 Å². The molecule has 1 atom stereocenters. The summed E-state index contributed by atoms with van der Waals surface area (Å²) in [5.74, 6) is 0. The Kier molecular flexibility index (Phi) is 3.20. The van der Waals surface area contributed by atoms with Crippen LogP contribution in [0.1, 0.15) is 5.69 Å². The molecule has 0 saturated heterocycles. The van der Waals surface area contributed by atoms with Crippen LogP contribution >= 0.6 is 0 Å². The van der Waals surface area contributed by atoms with Crippen LogP contribution in [0, 0.1) is 6.42 Å². The second-order valence-corrected chi connectivity index (χ2v) is 4.40. The number of hydrogen-bond acceptors (Lipinski definition) is 2. The first kappa shape index (κ1) is 11.1. The van der Waals surface area contributed by atoms with Gasteiger partial charge in [0.05, 0.1) is 11.1 Å². The molecule has 2 heteroatoms. The fourth-order valence-corrected chi connectivity index (χ4v) is 2.09. The molecule has 16 heavy (non-hydrogen) atoms. The van der Waals surface area contributed by atoms with E-state index in [9.17, 15) is 0 Å². The third kappa shape index (κ3) is 2.22. The van der Waals surface area contributed by atoms with Gasteiger partial charge in [0.1, 0.15) is 0 Å². The van der Waals surface area contributed by atoms with Crippen molar-refractivity contribution in [1.82, 2.24) is 9.88 Å². The van der Waals surface area contributed by atoms with Crippen molar-refractivity contribution in [2.75, 3.05) is 20.6 Å². The van der Waals surface area contributed by atoms with Crippen molar-refractivity contribution in [2.45, 2.75) is 5.41 Å². The summed E-state index contributed by atoms with van der Waals surface area (Å²) in [5, 5.41) is 0. The average molecular weight is 213 g/mol. The quantitative estimate of drug-likeness (QED) is 0.765. The van der Waals surface area contributed by atoms with Crippen LogP contribution in [-0.2, 0) is 5.41 Å². The Morgan fingerprint density at radius 1 is 1.19 bits per heavy atom. The lowest BCUT2D eigenvalue weighted by molar-refractivity contribution is 0.345. The number of rotatable bonds is 3. The molecule has 2 rings (SSSR count). The Bertz CT molecular complexity index is 392. The van der Waals surface area contributed by atoms with Crippen molar-refractivity contribution in [2.24, 2.45) is 0 Å². The number of hydrogen-bond donors (Lipinski definition) is 0. The maximum Gasteiger partial charge on any atom is 0.0522 e. The van der Waals surface area contributed by atoms with Crippen LogP contribution in [0.15, 0.2) is 48.7 Å². The minimum Gasteiger partial charge on any atom is -0.308 e. The van der Waals surface area contributed by atoms with E-state index in [4.69, 9.17) is 0 Å². The Balaban J connectivity index is 2.35. The fraction of sp³-hybridized carbons (Fsp3) is 0.286. The molecule has 1 unspecified atom stereocenters. The van der Waals surface area contributed by atoms with E-state index in [0.717, 1.165) is 12.2 Å². The summed E-state index contributed by atoms with van der Waals surface area (Å²) >= 11 is 0. The maximum atomic E-state index is 4.48. The van der Waals surface area contributed by atoms with E-state index in [0.29, 0.717) is 0 Å². The molecular formula is C14H17N2. The molecule has 1 aliphatic rings. The largest absolute Gasteiger partial charge is 0.308 e. The van der Waals surface area contributed by atoms with Crippen LogP contribution in [0.25, 0.3) is 0 Å². The molecule has 2 nitrogen and oxygen atoms in total. The highest BCUT2D eigenvalue weighted by Gasteiger charge is 2.31. The normalized spacial score (nSPS) is 23.9. The van der Waals surface area contributed by atoms with Gasteiger partial charge in [0, 0.05) is 19.2 Å². The molecule has 0 N–H and O–H groups in total. The molecule has 1 aromatic heterocycles. The van der Waals surface area contributed by atoms with Crippen LogP contribution in [-0.4, -0.2) is 30.5 Å². The molecule has 83 valence electrons. The Morgan fingerprint density at radius 2 is 2.06 bits per heavy atom. The van der Waals surface area contributed by atoms with Gasteiger partial charge in [-0.1, -0.05) is 30.4 Å². The molecular weight excluding hydrogens is 196 g/mol. The van der Waals surface area contributed by atoms with Crippen molar-refractivity contribution in [3.05, 3.63) is 60.8 Å². The third-order valence-corrected chi connectivity index (χ3v) is 2.73. The lowest BCUT2D eigenvalue weighted by atomic mass is 9.78. The second kappa shape index (κ2) is 4.62. The lowest BCUT2D eigenvalue weighted by Gasteiger charge is -2.33. The number of likely N-dealkylation sites (N-methyl/N-ethyl adjacent to an activating group) is 1. The van der Waals surface area contributed by atoms with E-state index in [1.807, 2.05) is 18.3 Å². The van der Waals surface area contributed by atoms with Crippen LogP contribution in [0.5, 0.6) is 0 Å². The van der Waals surface area contributed by atoms with Crippen molar-refractivity contribution in [3.63, 3.8) is 0 Å². The zero-order valence-electron chi connectivity index (χ0n) is 9.80. The molecule has 1 radical (unpaired) electrons. The summed E-state index contributed by atoms with van der Waals surface area (Å²) in [6, 6.07) is 6.08. The second-order valence-electron chi connectivity index (χ2n) is 4.40. The van der Waals surface area contributed by atoms with Gasteiger partial charge in [-0.05, 0) is 26.2 Å². The van der Waals surface area contributed by atoms with Crippen molar-refractivity contribution < 1.29 is 0 Å². The van der Waals surface area contributed by atoms with Gasteiger partial charge in [0.15, 0.2) is 0 Å². The first-order valence-corrected chi connectivity index (χ1v) is 5.50. The summed E-state index contributed by atoms with van der Waals surface area (Å²) in [4.78, 5) is 6.67. The predicted molar refractivity (Wildman–Crippen MR) is 67.0 cm³/mol. The van der Waals surface area contributed by atoms with Crippen molar-refractivity contribution in [3.8, 4) is 0 Å². The Morgan fingerprint density at radius 3 is 2.62 bits per heavy atom. The summed E-state index contributed by atoms with van der Waals surface area (Å²) in [6.07, 6.45) is 12.5. The van der Waals surface area contributed by atoms with Gasteiger partial charge in [-0.2, -0.15) is 0 Å². The number of aromatic nitrogens is 1. The summed E-state index contributed by atoms with van der Waals surface area (Å²) in [6.45, 7) is 0.935. The molecule has 0 saturated carbocycles. The van der Waals surface area contributed by atoms with E-state index < -0.39 is 0 Å². The first-order valence-electron chi connectivity index (χ1n) is 5.50. The highest BCUT2D eigenvalue weighted by molar-refractivity contribution is 5.38. The van der Waals surface area contributed by atoms with E-state index in [1.165, 1.54) is 0 Å². The predicted octanol–water partition coefficient (Wildman–Crippen LogP) is 2.21. The average Bonchev–Trinajstić information content (AvgIpc) is 2.30. The van der Waals surface area contributed by atoms with Gasteiger partial charge in [0.25, 0.3) is 0 Å². The fourth-order valence-electron chi connectivity index (χ4n) is 2.09. The molecule has 1 heterocycles. The van der Waals surface area contributed by atoms with Gasteiger partial charge >= 0.3 is 0 Å². The SMILES string of the molecule is CN(C)CC1(c2ccccn2)[CH]C=CC=C1. The molecule has 1 aromatic rings. The molecule has 0 aromatic carbocycles. The smallest absolute Gasteiger partial charge is 0.0522 e. The number of nitrogens with zero attached hydrogens (tertiary/aromatic N) is 2. The summed E-state index contributed by atoms with van der Waals surface area (Å²) < 4.78 is 0. The Labute approximate surface area is 97.3 Å². The van der Waals surface area contributed by atoms with Crippen LogP contribution < -0.4 is 0 Å². The molecule has 0 fully saturated rings. The number of pyridine rings is 1. The molecule has 0 spiro atoms. The van der Waals surface area contributed by atoms with E-state index in [-0.39, 0.29) is 5.41 Å². The van der Waals surface area contributed by atoms with Gasteiger partial charge in [0.2, 0.25) is 0 Å². The minimum atomic E-state index is -0.0838. The van der Waals surface area contributed by atoms with Gasteiger partial charge < -0.3 is 4.90 Å². The molecule has 1 aliphatic carbocycles. The Hall–Kier alpha value is -1.41. The minimum absolute atomic E-state index is 0.0838. The highest BCUT2D eigenvalue weighted by Crippen LogP contribution is 2.30. The maximum absolute atomic E-state index is 4.48. The summed E-state index contributed by atoms with van der Waals surface area (Å²) in [7, 11) is 4.18. The van der Waals surface area contributed by atoms with Crippen LogP contribution in [0.4, 0.5) is 0 Å². The molecule has 0 amide bonds. The standard InChI is InChI=1S/C14H17N2/c1-16(2)12-14(9-5-3-6-10-14)13-8-4-7-11-15-13/h3-11H,12H2,1-2H3. The first-order chi connectivity index (χ1) is 7.73. The van der Waals surface area contributed by atoms with Gasteiger partial charge in [-0.3, -0.25) is 4.98 Å². The lowest BCUT2D eigenvalue weighted by Crippen LogP contribution is -2.37. The van der Waals surface area contributed by atoms with Gasteiger partial charge in [-0.15, -0.1) is 0 Å². The third-order valence-electron chi connectivity index (χ3n) is 2.73. The van der Waals surface area contributed by atoms with Crippen LogP contribution in [0.2, 0.25) is 0 Å². The van der Waals surface area contributed by atoms with Gasteiger partial charge in [-0.25, -0.2) is 0 Å². The van der Waals surface area contributed by atoms with Crippen molar-refractivity contribution in [1.29, 1.82) is 0 Å². The van der Waals surface area contributed by atoms with E-state index in [2.05, 4.69) is 60.8 Å². The monoisotopic (exact) mass is 213 g/mol.